The highest BCUT2D eigenvalue weighted by Gasteiger charge is 2.36. The molecule has 1 aliphatic heterocycles. The van der Waals surface area contributed by atoms with Crippen LogP contribution in [0, 0.1) is 35.3 Å². The Balaban J connectivity index is 1.63. The van der Waals surface area contributed by atoms with Gasteiger partial charge >= 0.3 is 5.69 Å². The van der Waals surface area contributed by atoms with Gasteiger partial charge in [-0.25, -0.2) is 4.68 Å². The number of nitro groups is 1. The van der Waals surface area contributed by atoms with Gasteiger partial charge in [-0.1, -0.05) is 23.8 Å². The third-order valence-corrected chi connectivity index (χ3v) is 6.31. The maximum Gasteiger partial charge on any atom is 0.307 e. The van der Waals surface area contributed by atoms with Crippen LogP contribution in [0.5, 0.6) is 11.6 Å². The van der Waals surface area contributed by atoms with E-state index in [1.54, 1.807) is 17.9 Å². The Hall–Kier alpha value is -5.11. The van der Waals surface area contributed by atoms with Gasteiger partial charge in [0.1, 0.15) is 29.8 Å². The van der Waals surface area contributed by atoms with E-state index in [1.165, 1.54) is 17.1 Å². The van der Waals surface area contributed by atoms with Crippen LogP contribution in [0.3, 0.4) is 0 Å². The van der Waals surface area contributed by atoms with Crippen molar-refractivity contribution < 1.29 is 14.4 Å². The number of hydrogen-bond donors (Lipinski definition) is 1. The van der Waals surface area contributed by atoms with E-state index < -0.39 is 10.8 Å². The lowest BCUT2D eigenvalue weighted by atomic mass is 9.83. The van der Waals surface area contributed by atoms with Gasteiger partial charge in [0.25, 0.3) is 0 Å². The summed E-state index contributed by atoms with van der Waals surface area (Å²) in [4.78, 5) is 10.6. The van der Waals surface area contributed by atoms with Crippen LogP contribution in [0.25, 0.3) is 5.69 Å². The van der Waals surface area contributed by atoms with Gasteiger partial charge in [-0.15, -0.1) is 0 Å². The molecule has 11 nitrogen and oxygen atoms in total. The zero-order valence-electron chi connectivity index (χ0n) is 20.4. The molecule has 0 amide bonds. The van der Waals surface area contributed by atoms with Crippen LogP contribution in [0.2, 0.25) is 0 Å². The number of aromatic nitrogens is 4. The number of methoxy groups -OCH3 is 1. The number of nitrogens with two attached hydrogens (primary N) is 1. The van der Waals surface area contributed by atoms with Gasteiger partial charge < -0.3 is 15.2 Å². The molecule has 11 heteroatoms. The van der Waals surface area contributed by atoms with E-state index >= 15 is 0 Å². The number of allylic oxidation sites excluding steroid dienone is 1. The third-order valence-electron chi connectivity index (χ3n) is 6.31. The van der Waals surface area contributed by atoms with E-state index in [-0.39, 0.29) is 23.7 Å². The fourth-order valence-electron chi connectivity index (χ4n) is 4.52. The van der Waals surface area contributed by atoms with Crippen LogP contribution >= 0.6 is 0 Å². The van der Waals surface area contributed by atoms with Gasteiger partial charge in [0, 0.05) is 5.56 Å². The minimum atomic E-state index is -0.537. The summed E-state index contributed by atoms with van der Waals surface area (Å²) in [5, 5.41) is 29.9. The molecule has 5 rings (SSSR count). The van der Waals surface area contributed by atoms with E-state index in [4.69, 9.17) is 20.3 Å². The summed E-state index contributed by atoms with van der Waals surface area (Å²) >= 11 is 0. The average Bonchev–Trinajstić information content (AvgIpc) is 3.48. The summed E-state index contributed by atoms with van der Waals surface area (Å²) < 4.78 is 14.6. The van der Waals surface area contributed by atoms with E-state index in [0.29, 0.717) is 17.3 Å². The summed E-state index contributed by atoms with van der Waals surface area (Å²) in [7, 11) is 1.55. The highest BCUT2D eigenvalue weighted by Crippen LogP contribution is 2.45. The number of aryl methyl sites for hydroxylation is 2. The van der Waals surface area contributed by atoms with E-state index in [9.17, 15) is 15.4 Å². The summed E-state index contributed by atoms with van der Waals surface area (Å²) in [6, 6.07) is 15.6. The van der Waals surface area contributed by atoms with Crippen LogP contribution in [-0.2, 0) is 6.54 Å². The van der Waals surface area contributed by atoms with Crippen LogP contribution < -0.4 is 15.2 Å². The lowest BCUT2D eigenvalue weighted by Crippen LogP contribution is -2.22. The molecule has 0 saturated heterocycles. The monoisotopic (exact) mass is 497 g/mol. The summed E-state index contributed by atoms with van der Waals surface area (Å²) in [5.74, 6) is 0.498. The first-order chi connectivity index (χ1) is 17.8. The van der Waals surface area contributed by atoms with Crippen molar-refractivity contribution >= 4 is 5.69 Å². The third kappa shape index (κ3) is 4.14. The van der Waals surface area contributed by atoms with Crippen molar-refractivity contribution in [2.75, 3.05) is 7.11 Å². The van der Waals surface area contributed by atoms with E-state index in [1.807, 2.05) is 50.2 Å². The second-order valence-corrected chi connectivity index (χ2v) is 8.70. The zero-order chi connectivity index (χ0) is 26.3. The number of benzene rings is 2. The Morgan fingerprint density at radius 2 is 2.00 bits per heavy atom. The molecule has 3 heterocycles. The molecule has 2 aromatic carbocycles. The van der Waals surface area contributed by atoms with Crippen molar-refractivity contribution in [2.45, 2.75) is 26.3 Å². The van der Waals surface area contributed by atoms with Gasteiger partial charge in [0.2, 0.25) is 11.8 Å². The Kier molecular flexibility index (Phi) is 5.85. The van der Waals surface area contributed by atoms with Crippen molar-refractivity contribution in [1.29, 1.82) is 5.26 Å². The SMILES string of the molecule is COc1ccc(C2C(C#N)=C(N)Oc3c2c(C)nn3-c2ccc(C)cc2)cc1Cn1cc([N+](=O)[O-])cn1. The molecule has 1 unspecified atom stereocenters. The minimum Gasteiger partial charge on any atom is -0.496 e. The second-order valence-electron chi connectivity index (χ2n) is 8.70. The van der Waals surface area contributed by atoms with Gasteiger partial charge in [-0.05, 0) is 43.7 Å². The number of fused-ring (bicyclic) bond motifs is 1. The number of nitriles is 1. The summed E-state index contributed by atoms with van der Waals surface area (Å²) in [6.07, 6.45) is 2.55. The van der Waals surface area contributed by atoms with Crippen LogP contribution in [0.1, 0.15) is 33.9 Å². The fourth-order valence-corrected chi connectivity index (χ4v) is 4.52. The van der Waals surface area contributed by atoms with Crippen LogP contribution in [0.15, 0.2) is 66.3 Å². The number of ether oxygens (including phenoxy) is 2. The second kappa shape index (κ2) is 9.16. The molecule has 0 bridgehead atoms. The topological polar surface area (TPSA) is 147 Å². The molecule has 0 fully saturated rings. The van der Waals surface area contributed by atoms with Gasteiger partial charge in [0.15, 0.2) is 0 Å². The number of hydrogen-bond acceptors (Lipinski definition) is 8. The number of rotatable bonds is 6. The molecule has 0 spiro atoms. The van der Waals surface area contributed by atoms with Crippen molar-refractivity contribution in [3.63, 3.8) is 0 Å². The molecule has 186 valence electrons. The Morgan fingerprint density at radius 3 is 2.65 bits per heavy atom. The van der Waals surface area contributed by atoms with Crippen molar-refractivity contribution in [3.05, 3.63) is 104 Å². The maximum atomic E-state index is 11.1. The van der Waals surface area contributed by atoms with E-state index in [2.05, 4.69) is 11.2 Å². The van der Waals surface area contributed by atoms with Crippen LogP contribution in [-0.4, -0.2) is 31.6 Å². The van der Waals surface area contributed by atoms with Crippen molar-refractivity contribution in [1.82, 2.24) is 19.6 Å². The Morgan fingerprint density at radius 1 is 1.24 bits per heavy atom. The molecule has 2 aromatic heterocycles. The molecule has 37 heavy (non-hydrogen) atoms. The Labute approximate surface area is 212 Å². The van der Waals surface area contributed by atoms with Gasteiger partial charge in [-0.3, -0.25) is 14.8 Å². The first-order valence-corrected chi connectivity index (χ1v) is 11.4. The normalized spacial score (nSPS) is 14.6. The molecular weight excluding hydrogens is 474 g/mol. The first kappa shape index (κ1) is 23.6. The molecule has 0 saturated carbocycles. The zero-order valence-corrected chi connectivity index (χ0v) is 20.4. The first-order valence-electron chi connectivity index (χ1n) is 11.4. The smallest absolute Gasteiger partial charge is 0.307 e. The predicted octanol–water partition coefficient (Wildman–Crippen LogP) is 3.87. The van der Waals surface area contributed by atoms with E-state index in [0.717, 1.165) is 27.9 Å². The Bertz CT molecular complexity index is 1590. The molecule has 0 radical (unpaired) electrons. The van der Waals surface area contributed by atoms with Gasteiger partial charge in [-0.2, -0.15) is 15.5 Å². The highest BCUT2D eigenvalue weighted by molar-refractivity contribution is 5.58. The number of nitrogens with zero attached hydrogens (tertiary/aromatic N) is 6. The fraction of sp³-hybridized carbons (Fsp3) is 0.192. The molecule has 0 aliphatic carbocycles. The van der Waals surface area contributed by atoms with Crippen LogP contribution in [0.4, 0.5) is 5.69 Å². The predicted molar refractivity (Wildman–Crippen MR) is 133 cm³/mol. The quantitative estimate of drug-likeness (QED) is 0.312. The molecule has 1 aliphatic rings. The van der Waals surface area contributed by atoms with Gasteiger partial charge in [0.05, 0.1) is 41.4 Å². The standard InChI is InChI=1S/C26H23N7O4/c1-15-4-7-19(8-5-15)32-26-23(16(2)30-32)24(21(11-27)25(28)37-26)17-6-9-22(36-3)18(10-17)13-31-14-20(12-29-31)33(34)35/h4-10,12,14,24H,13,28H2,1-3H3. The molecule has 1 atom stereocenters. The largest absolute Gasteiger partial charge is 0.496 e. The highest BCUT2D eigenvalue weighted by atomic mass is 16.6. The molecular formula is C26H23N7O4. The summed E-state index contributed by atoms with van der Waals surface area (Å²) in [6.45, 7) is 4.09. The molecule has 2 N–H and O–H groups in total. The van der Waals surface area contributed by atoms with Crippen molar-refractivity contribution in [2.24, 2.45) is 5.73 Å². The van der Waals surface area contributed by atoms with Crippen molar-refractivity contribution in [3.8, 4) is 23.4 Å². The molecule has 4 aromatic rings. The average molecular weight is 498 g/mol. The minimum absolute atomic E-state index is 0.00771. The lowest BCUT2D eigenvalue weighted by Gasteiger charge is -2.25. The lowest BCUT2D eigenvalue weighted by molar-refractivity contribution is -0.385. The maximum absolute atomic E-state index is 11.1. The summed E-state index contributed by atoms with van der Waals surface area (Å²) in [5.41, 5.74) is 11.3.